The van der Waals surface area contributed by atoms with Crippen molar-refractivity contribution in [1.29, 1.82) is 0 Å². The zero-order valence-corrected chi connectivity index (χ0v) is 8.87. The molecule has 6 heteroatoms. The lowest BCUT2D eigenvalue weighted by atomic mass is 10.2. The van der Waals surface area contributed by atoms with Crippen LogP contribution in [0.5, 0.6) is 0 Å². The number of benzene rings is 1. The van der Waals surface area contributed by atoms with E-state index in [1.54, 1.807) is 22.9 Å². The maximum absolute atomic E-state index is 6.01. The first-order chi connectivity index (χ1) is 7.25. The highest BCUT2D eigenvalue weighted by molar-refractivity contribution is 6.35. The van der Waals surface area contributed by atoms with E-state index < -0.39 is 0 Å². The molecule has 3 rings (SSSR count). The van der Waals surface area contributed by atoms with E-state index in [0.29, 0.717) is 16.0 Å². The molecule has 0 unspecified atom stereocenters. The zero-order chi connectivity index (χ0) is 10.4. The fourth-order valence-electron chi connectivity index (χ4n) is 1.50. The van der Waals surface area contributed by atoms with E-state index in [4.69, 9.17) is 23.2 Å². The molecule has 0 amide bonds. The van der Waals surface area contributed by atoms with Crippen LogP contribution in [-0.4, -0.2) is 19.6 Å². The third-order valence-corrected chi connectivity index (χ3v) is 2.69. The standard InChI is InChI=1S/C9H4Cl2N4/c10-5-1-2-6-7(3-5)15-4-12-14-9(15)13-8(6)11/h1-4H. The Bertz CT molecular complexity index is 662. The van der Waals surface area contributed by atoms with E-state index in [9.17, 15) is 0 Å². The maximum Gasteiger partial charge on any atom is 0.256 e. The fraction of sp³-hybridized carbons (Fsp3) is 0. The van der Waals surface area contributed by atoms with Gasteiger partial charge in [-0.2, -0.15) is 4.98 Å². The van der Waals surface area contributed by atoms with E-state index in [-0.39, 0.29) is 0 Å². The Morgan fingerprint density at radius 2 is 2.07 bits per heavy atom. The van der Waals surface area contributed by atoms with Crippen molar-refractivity contribution >= 4 is 39.9 Å². The summed E-state index contributed by atoms with van der Waals surface area (Å²) in [6.45, 7) is 0. The lowest BCUT2D eigenvalue weighted by molar-refractivity contribution is 1.10. The van der Waals surface area contributed by atoms with Gasteiger partial charge in [0.15, 0.2) is 0 Å². The monoisotopic (exact) mass is 238 g/mol. The van der Waals surface area contributed by atoms with Crippen LogP contribution in [0.15, 0.2) is 24.5 Å². The number of aromatic nitrogens is 4. The van der Waals surface area contributed by atoms with Crippen LogP contribution in [-0.2, 0) is 0 Å². The number of fused-ring (bicyclic) bond motifs is 3. The van der Waals surface area contributed by atoms with Gasteiger partial charge >= 0.3 is 0 Å². The summed E-state index contributed by atoms with van der Waals surface area (Å²) < 4.78 is 1.74. The molecule has 0 spiro atoms. The molecule has 0 fully saturated rings. The summed E-state index contributed by atoms with van der Waals surface area (Å²) in [6.07, 6.45) is 1.58. The number of hydrogen-bond acceptors (Lipinski definition) is 3. The van der Waals surface area contributed by atoms with Crippen LogP contribution >= 0.6 is 23.2 Å². The van der Waals surface area contributed by atoms with Crippen molar-refractivity contribution < 1.29 is 0 Å². The molecule has 1 aromatic carbocycles. The first-order valence-corrected chi connectivity index (χ1v) is 4.96. The minimum atomic E-state index is 0.405. The predicted molar refractivity (Wildman–Crippen MR) is 58.3 cm³/mol. The van der Waals surface area contributed by atoms with Crippen LogP contribution in [0.3, 0.4) is 0 Å². The SMILES string of the molecule is Clc1ccc2c(Cl)nc3nncn3c2c1. The van der Waals surface area contributed by atoms with E-state index in [1.165, 1.54) is 0 Å². The predicted octanol–water partition coefficient (Wildman–Crippen LogP) is 2.58. The third-order valence-electron chi connectivity index (χ3n) is 2.17. The molecule has 0 aliphatic heterocycles. The Kier molecular flexibility index (Phi) is 1.81. The average molecular weight is 239 g/mol. The highest BCUT2D eigenvalue weighted by Gasteiger charge is 2.07. The lowest BCUT2D eigenvalue weighted by Gasteiger charge is -2.02. The van der Waals surface area contributed by atoms with Crippen molar-refractivity contribution in [3.8, 4) is 0 Å². The second-order valence-electron chi connectivity index (χ2n) is 3.07. The van der Waals surface area contributed by atoms with Gasteiger partial charge in [0.25, 0.3) is 5.78 Å². The molecule has 74 valence electrons. The Labute approximate surface area is 94.5 Å². The number of nitrogens with zero attached hydrogens (tertiary/aromatic N) is 4. The van der Waals surface area contributed by atoms with Crippen molar-refractivity contribution in [2.24, 2.45) is 0 Å². The number of hydrogen-bond donors (Lipinski definition) is 0. The summed E-state index contributed by atoms with van der Waals surface area (Å²) in [5.74, 6) is 0.467. The van der Waals surface area contributed by atoms with Crippen molar-refractivity contribution in [3.05, 3.63) is 34.7 Å². The Balaban J connectivity index is 2.63. The second-order valence-corrected chi connectivity index (χ2v) is 3.86. The Morgan fingerprint density at radius 3 is 2.93 bits per heavy atom. The van der Waals surface area contributed by atoms with E-state index in [0.717, 1.165) is 10.9 Å². The van der Waals surface area contributed by atoms with Gasteiger partial charge in [-0.1, -0.05) is 23.2 Å². The molecule has 4 nitrogen and oxygen atoms in total. The summed E-state index contributed by atoms with van der Waals surface area (Å²) in [5.41, 5.74) is 0.850. The largest absolute Gasteiger partial charge is 0.265 e. The highest BCUT2D eigenvalue weighted by atomic mass is 35.5. The normalized spacial score (nSPS) is 11.3. The molecule has 0 aliphatic rings. The van der Waals surface area contributed by atoms with Crippen molar-refractivity contribution in [1.82, 2.24) is 19.6 Å². The van der Waals surface area contributed by atoms with Crippen molar-refractivity contribution in [3.63, 3.8) is 0 Å². The summed E-state index contributed by atoms with van der Waals surface area (Å²) >= 11 is 11.9. The van der Waals surface area contributed by atoms with Crippen LogP contribution in [0.1, 0.15) is 0 Å². The zero-order valence-electron chi connectivity index (χ0n) is 7.35. The van der Waals surface area contributed by atoms with Crippen LogP contribution in [0, 0.1) is 0 Å². The Hall–Kier alpha value is -1.39. The van der Waals surface area contributed by atoms with Gasteiger partial charge in [-0.3, -0.25) is 4.40 Å². The molecule has 2 heterocycles. The van der Waals surface area contributed by atoms with Gasteiger partial charge in [0.05, 0.1) is 5.52 Å². The van der Waals surface area contributed by atoms with Gasteiger partial charge in [0, 0.05) is 10.4 Å². The molecule has 0 radical (unpaired) electrons. The minimum Gasteiger partial charge on any atom is -0.265 e. The Morgan fingerprint density at radius 1 is 1.20 bits per heavy atom. The van der Waals surface area contributed by atoms with Crippen molar-refractivity contribution in [2.45, 2.75) is 0 Å². The maximum atomic E-state index is 6.01. The van der Waals surface area contributed by atoms with Crippen molar-refractivity contribution in [2.75, 3.05) is 0 Å². The van der Waals surface area contributed by atoms with E-state index in [2.05, 4.69) is 15.2 Å². The minimum absolute atomic E-state index is 0.405. The van der Waals surface area contributed by atoms with Crippen LogP contribution in [0.25, 0.3) is 16.7 Å². The molecule has 0 atom stereocenters. The first-order valence-electron chi connectivity index (χ1n) is 4.20. The van der Waals surface area contributed by atoms with Gasteiger partial charge in [0.2, 0.25) is 0 Å². The summed E-state index contributed by atoms with van der Waals surface area (Å²) in [7, 11) is 0. The van der Waals surface area contributed by atoms with E-state index >= 15 is 0 Å². The molecule has 15 heavy (non-hydrogen) atoms. The van der Waals surface area contributed by atoms with Gasteiger partial charge in [-0.15, -0.1) is 10.2 Å². The fourth-order valence-corrected chi connectivity index (χ4v) is 1.90. The van der Waals surface area contributed by atoms with Gasteiger partial charge in [-0.25, -0.2) is 0 Å². The number of halogens is 2. The van der Waals surface area contributed by atoms with E-state index in [1.807, 2.05) is 6.07 Å². The van der Waals surface area contributed by atoms with Crippen LogP contribution in [0.2, 0.25) is 10.2 Å². The average Bonchev–Trinajstić information content (AvgIpc) is 2.65. The van der Waals surface area contributed by atoms with Crippen LogP contribution < -0.4 is 0 Å². The quantitative estimate of drug-likeness (QED) is 0.566. The second kappa shape index (κ2) is 3.05. The summed E-state index contributed by atoms with van der Waals surface area (Å²) in [5, 5.41) is 9.48. The van der Waals surface area contributed by atoms with Gasteiger partial charge < -0.3 is 0 Å². The lowest BCUT2D eigenvalue weighted by Crippen LogP contribution is -1.91. The van der Waals surface area contributed by atoms with Gasteiger partial charge in [0.1, 0.15) is 11.5 Å². The molecular weight excluding hydrogens is 235 g/mol. The molecular formula is C9H4Cl2N4. The summed E-state index contributed by atoms with van der Waals surface area (Å²) in [6, 6.07) is 5.40. The smallest absolute Gasteiger partial charge is 0.256 e. The third kappa shape index (κ3) is 1.26. The molecule has 0 N–H and O–H groups in total. The molecule has 3 aromatic rings. The molecule has 0 bridgehead atoms. The number of rotatable bonds is 0. The van der Waals surface area contributed by atoms with Gasteiger partial charge in [-0.05, 0) is 18.2 Å². The topological polar surface area (TPSA) is 43.1 Å². The van der Waals surface area contributed by atoms with Crippen LogP contribution in [0.4, 0.5) is 0 Å². The summed E-state index contributed by atoms with van der Waals surface area (Å²) in [4.78, 5) is 4.11. The molecule has 0 saturated heterocycles. The molecule has 2 aromatic heterocycles. The highest BCUT2D eigenvalue weighted by Crippen LogP contribution is 2.24. The molecule has 0 aliphatic carbocycles. The first kappa shape index (κ1) is 8.88. The molecule has 0 saturated carbocycles.